The van der Waals surface area contributed by atoms with Gasteiger partial charge in [0.1, 0.15) is 0 Å². The van der Waals surface area contributed by atoms with Crippen molar-refractivity contribution in [2.75, 3.05) is 5.32 Å². The Morgan fingerprint density at radius 3 is 2.64 bits per heavy atom. The fourth-order valence-corrected chi connectivity index (χ4v) is 2.87. The van der Waals surface area contributed by atoms with Gasteiger partial charge in [-0.15, -0.1) is 11.3 Å². The predicted molar refractivity (Wildman–Crippen MR) is 85.4 cm³/mol. The number of nitrogens with one attached hydrogen (secondary N) is 1. The van der Waals surface area contributed by atoms with Crippen LogP contribution < -0.4 is 5.32 Å². The Labute approximate surface area is 129 Å². The first-order valence-electron chi connectivity index (χ1n) is 6.46. The average molecular weight is 313 g/mol. The SMILES string of the molecule is Cc1nc2cc(NC(=O)c3ccc([N+](=O)[O-])cc3)ccc2s1. The van der Waals surface area contributed by atoms with E-state index in [1.54, 1.807) is 11.3 Å². The lowest BCUT2D eigenvalue weighted by Crippen LogP contribution is -2.11. The van der Waals surface area contributed by atoms with Crippen molar-refractivity contribution in [3.8, 4) is 0 Å². The van der Waals surface area contributed by atoms with E-state index in [0.29, 0.717) is 11.3 Å². The zero-order chi connectivity index (χ0) is 15.7. The van der Waals surface area contributed by atoms with Crippen LogP contribution in [0.3, 0.4) is 0 Å². The van der Waals surface area contributed by atoms with E-state index < -0.39 is 4.92 Å². The van der Waals surface area contributed by atoms with E-state index in [-0.39, 0.29) is 11.6 Å². The molecule has 1 aromatic heterocycles. The van der Waals surface area contributed by atoms with Crippen LogP contribution in [0.2, 0.25) is 0 Å². The van der Waals surface area contributed by atoms with Crippen LogP contribution in [0.1, 0.15) is 15.4 Å². The third kappa shape index (κ3) is 2.79. The second kappa shape index (κ2) is 5.53. The number of thiazole rings is 1. The molecule has 3 rings (SSSR count). The minimum Gasteiger partial charge on any atom is -0.322 e. The summed E-state index contributed by atoms with van der Waals surface area (Å²) in [5, 5.41) is 14.3. The van der Waals surface area contributed by atoms with E-state index in [9.17, 15) is 14.9 Å². The van der Waals surface area contributed by atoms with Gasteiger partial charge in [0.05, 0.1) is 20.1 Å². The number of anilines is 1. The van der Waals surface area contributed by atoms with Gasteiger partial charge in [0.25, 0.3) is 11.6 Å². The largest absolute Gasteiger partial charge is 0.322 e. The lowest BCUT2D eigenvalue weighted by molar-refractivity contribution is -0.384. The Balaban J connectivity index is 1.81. The summed E-state index contributed by atoms with van der Waals surface area (Å²) in [6.07, 6.45) is 0. The molecular weight excluding hydrogens is 302 g/mol. The zero-order valence-corrected chi connectivity index (χ0v) is 12.4. The van der Waals surface area contributed by atoms with Gasteiger partial charge in [0.15, 0.2) is 0 Å². The molecule has 1 heterocycles. The van der Waals surface area contributed by atoms with E-state index >= 15 is 0 Å². The summed E-state index contributed by atoms with van der Waals surface area (Å²) in [5.74, 6) is -0.318. The monoisotopic (exact) mass is 313 g/mol. The van der Waals surface area contributed by atoms with Gasteiger partial charge >= 0.3 is 0 Å². The van der Waals surface area contributed by atoms with Crippen molar-refractivity contribution >= 4 is 38.8 Å². The van der Waals surface area contributed by atoms with E-state index in [1.165, 1.54) is 24.3 Å². The summed E-state index contributed by atoms with van der Waals surface area (Å²) < 4.78 is 1.06. The topological polar surface area (TPSA) is 85.1 Å². The highest BCUT2D eigenvalue weighted by molar-refractivity contribution is 7.18. The van der Waals surface area contributed by atoms with Crippen molar-refractivity contribution < 1.29 is 9.72 Å². The molecule has 1 amide bonds. The molecule has 3 aromatic rings. The number of aryl methyl sites for hydroxylation is 1. The number of fused-ring (bicyclic) bond motifs is 1. The second-order valence-corrected chi connectivity index (χ2v) is 5.91. The molecule has 0 saturated heterocycles. The van der Waals surface area contributed by atoms with Crippen molar-refractivity contribution in [3.63, 3.8) is 0 Å². The maximum atomic E-state index is 12.1. The highest BCUT2D eigenvalue weighted by Gasteiger charge is 2.10. The van der Waals surface area contributed by atoms with Crippen LogP contribution in [0.25, 0.3) is 10.2 Å². The Morgan fingerprint density at radius 2 is 1.95 bits per heavy atom. The van der Waals surface area contributed by atoms with E-state index in [2.05, 4.69) is 10.3 Å². The molecule has 7 heteroatoms. The number of nitro benzene ring substituents is 1. The zero-order valence-electron chi connectivity index (χ0n) is 11.6. The number of carbonyl (C=O) groups is 1. The summed E-state index contributed by atoms with van der Waals surface area (Å²) in [6, 6.07) is 11.0. The standard InChI is InChI=1S/C15H11N3O3S/c1-9-16-13-8-11(4-7-14(13)22-9)17-15(19)10-2-5-12(6-3-10)18(20)21/h2-8H,1H3,(H,17,19). The molecule has 110 valence electrons. The third-order valence-corrected chi connectivity index (χ3v) is 4.04. The van der Waals surface area contributed by atoms with Gasteiger partial charge in [0.2, 0.25) is 0 Å². The normalized spacial score (nSPS) is 10.6. The summed E-state index contributed by atoms with van der Waals surface area (Å²) in [7, 11) is 0. The van der Waals surface area contributed by atoms with Gasteiger partial charge in [-0.05, 0) is 37.3 Å². The molecule has 1 N–H and O–H groups in total. The lowest BCUT2D eigenvalue weighted by Gasteiger charge is -2.05. The molecule has 22 heavy (non-hydrogen) atoms. The number of rotatable bonds is 3. The molecule has 0 aliphatic heterocycles. The first-order chi connectivity index (χ1) is 10.5. The van der Waals surface area contributed by atoms with Crippen molar-refractivity contribution in [2.24, 2.45) is 0 Å². The third-order valence-electron chi connectivity index (χ3n) is 3.09. The molecule has 0 aliphatic carbocycles. The van der Waals surface area contributed by atoms with Gasteiger partial charge in [0, 0.05) is 23.4 Å². The number of hydrogen-bond acceptors (Lipinski definition) is 5. The maximum absolute atomic E-state index is 12.1. The fourth-order valence-electron chi connectivity index (χ4n) is 2.06. The van der Waals surface area contributed by atoms with Crippen molar-refractivity contribution in [1.82, 2.24) is 4.98 Å². The molecule has 0 unspecified atom stereocenters. The fraction of sp³-hybridized carbons (Fsp3) is 0.0667. The summed E-state index contributed by atoms with van der Waals surface area (Å²) in [5.41, 5.74) is 1.79. The van der Waals surface area contributed by atoms with E-state index in [1.807, 2.05) is 25.1 Å². The Kier molecular flexibility index (Phi) is 3.56. The highest BCUT2D eigenvalue weighted by Crippen LogP contribution is 2.24. The van der Waals surface area contributed by atoms with Gasteiger partial charge in [-0.1, -0.05) is 0 Å². The highest BCUT2D eigenvalue weighted by atomic mass is 32.1. The van der Waals surface area contributed by atoms with E-state index in [0.717, 1.165) is 15.2 Å². The minimum atomic E-state index is -0.500. The van der Waals surface area contributed by atoms with Crippen LogP contribution in [-0.4, -0.2) is 15.8 Å². The van der Waals surface area contributed by atoms with Crippen LogP contribution in [0, 0.1) is 17.0 Å². The van der Waals surface area contributed by atoms with Gasteiger partial charge in [-0.25, -0.2) is 4.98 Å². The number of amides is 1. The molecule has 0 spiro atoms. The molecule has 6 nitrogen and oxygen atoms in total. The number of nitrogens with zero attached hydrogens (tertiary/aromatic N) is 2. The first-order valence-corrected chi connectivity index (χ1v) is 7.27. The molecule has 0 bridgehead atoms. The van der Waals surface area contributed by atoms with Gasteiger partial charge in [-0.3, -0.25) is 14.9 Å². The molecule has 0 fully saturated rings. The number of aromatic nitrogens is 1. The molecule has 0 atom stereocenters. The van der Waals surface area contributed by atoms with Crippen LogP contribution in [0.4, 0.5) is 11.4 Å². The summed E-state index contributed by atoms with van der Waals surface area (Å²) in [4.78, 5) is 26.6. The molecule has 0 radical (unpaired) electrons. The first kappa shape index (κ1) is 14.2. The van der Waals surface area contributed by atoms with Crippen LogP contribution in [0.5, 0.6) is 0 Å². The second-order valence-electron chi connectivity index (χ2n) is 4.67. The molecule has 2 aromatic carbocycles. The van der Waals surface area contributed by atoms with Gasteiger partial charge < -0.3 is 5.32 Å². The van der Waals surface area contributed by atoms with E-state index in [4.69, 9.17) is 0 Å². The Morgan fingerprint density at radius 1 is 1.23 bits per heavy atom. The minimum absolute atomic E-state index is 0.0454. The molecular formula is C15H11N3O3S. The van der Waals surface area contributed by atoms with Crippen molar-refractivity contribution in [1.29, 1.82) is 0 Å². The average Bonchev–Trinajstić information content (AvgIpc) is 2.86. The number of hydrogen-bond donors (Lipinski definition) is 1. The van der Waals surface area contributed by atoms with Crippen molar-refractivity contribution in [2.45, 2.75) is 6.92 Å². The number of carbonyl (C=O) groups excluding carboxylic acids is 1. The lowest BCUT2D eigenvalue weighted by atomic mass is 10.2. The number of non-ortho nitro benzene ring substituents is 1. The number of nitro groups is 1. The smallest absolute Gasteiger partial charge is 0.269 e. The number of benzene rings is 2. The van der Waals surface area contributed by atoms with Gasteiger partial charge in [-0.2, -0.15) is 0 Å². The van der Waals surface area contributed by atoms with Crippen LogP contribution in [0.15, 0.2) is 42.5 Å². The maximum Gasteiger partial charge on any atom is 0.269 e. The summed E-state index contributed by atoms with van der Waals surface area (Å²) in [6.45, 7) is 1.93. The molecule has 0 aliphatic rings. The van der Waals surface area contributed by atoms with Crippen LogP contribution >= 0.6 is 11.3 Å². The Bertz CT molecular complexity index is 871. The quantitative estimate of drug-likeness (QED) is 0.589. The Hall–Kier alpha value is -2.80. The predicted octanol–water partition coefficient (Wildman–Crippen LogP) is 3.77. The van der Waals surface area contributed by atoms with Crippen molar-refractivity contribution in [3.05, 3.63) is 63.1 Å². The van der Waals surface area contributed by atoms with Crippen LogP contribution in [-0.2, 0) is 0 Å². The summed E-state index contributed by atoms with van der Waals surface area (Å²) >= 11 is 1.59. The molecule has 0 saturated carbocycles.